The van der Waals surface area contributed by atoms with Crippen LogP contribution in [0.25, 0.3) is 0 Å². The molecule has 0 saturated carbocycles. The molecule has 6 nitrogen and oxygen atoms in total. The first-order chi connectivity index (χ1) is 11.6. The van der Waals surface area contributed by atoms with Crippen molar-refractivity contribution in [1.82, 2.24) is 9.88 Å². The Morgan fingerprint density at radius 3 is 2.84 bits per heavy atom. The first kappa shape index (κ1) is 19.8. The largest absolute Gasteiger partial charge is 0.444 e. The smallest absolute Gasteiger partial charge is 0.410 e. The van der Waals surface area contributed by atoms with Gasteiger partial charge in [-0.05, 0) is 77.5 Å². The number of aromatic nitrogens is 1. The number of amides is 1. The van der Waals surface area contributed by atoms with Gasteiger partial charge in [0.1, 0.15) is 16.4 Å². The zero-order valence-electron chi connectivity index (χ0n) is 15.8. The van der Waals surface area contributed by atoms with Gasteiger partial charge >= 0.3 is 6.09 Å². The molecule has 1 aromatic rings. The minimum absolute atomic E-state index is 0.179. The molecule has 1 aliphatic rings. The fourth-order valence-corrected chi connectivity index (χ4v) is 3.51. The monoisotopic (exact) mass is 366 g/mol. The molecule has 1 fully saturated rings. The summed E-state index contributed by atoms with van der Waals surface area (Å²) in [5.41, 5.74) is -0.647. The van der Waals surface area contributed by atoms with E-state index < -0.39 is 5.60 Å². The van der Waals surface area contributed by atoms with Crippen molar-refractivity contribution in [1.29, 1.82) is 0 Å². The van der Waals surface area contributed by atoms with Crippen LogP contribution in [0.2, 0.25) is 0 Å². The van der Waals surface area contributed by atoms with E-state index in [2.05, 4.69) is 24.1 Å². The summed E-state index contributed by atoms with van der Waals surface area (Å²) in [6.07, 6.45) is 1.73. The number of hydrogen-bond donors (Lipinski definition) is 2. The Bertz CT molecular complexity index is 601. The van der Waals surface area contributed by atoms with E-state index in [1.165, 1.54) is 0 Å². The van der Waals surface area contributed by atoms with Crippen LogP contribution in [-0.2, 0) is 4.74 Å². The summed E-state index contributed by atoms with van der Waals surface area (Å²) in [7, 11) is 0. The van der Waals surface area contributed by atoms with E-state index >= 15 is 0 Å². The van der Waals surface area contributed by atoms with Crippen LogP contribution in [0.1, 0.15) is 47.5 Å². The highest BCUT2D eigenvalue weighted by Crippen LogP contribution is 2.35. The van der Waals surface area contributed by atoms with Gasteiger partial charge in [-0.1, -0.05) is 6.07 Å². The lowest BCUT2D eigenvalue weighted by molar-refractivity contribution is 0.0131. The average molecular weight is 367 g/mol. The van der Waals surface area contributed by atoms with Crippen LogP contribution in [-0.4, -0.2) is 40.2 Å². The van der Waals surface area contributed by atoms with Crippen molar-refractivity contribution in [2.24, 2.45) is 11.1 Å². The van der Waals surface area contributed by atoms with Gasteiger partial charge in [-0.25, -0.2) is 9.78 Å². The van der Waals surface area contributed by atoms with Gasteiger partial charge in [0.05, 0.1) is 0 Å². The summed E-state index contributed by atoms with van der Waals surface area (Å²) in [4.78, 5) is 18.7. The number of carbonyl (C=O) groups is 1. The first-order valence-corrected chi connectivity index (χ1v) is 9.57. The van der Waals surface area contributed by atoms with Crippen molar-refractivity contribution in [2.45, 2.75) is 63.6 Å². The molecule has 1 unspecified atom stereocenters. The molecule has 3 N–H and O–H groups in total. The molecule has 1 aliphatic heterocycles. The molecule has 0 bridgehead atoms. The molecule has 140 valence electrons. The number of nitrogens with two attached hydrogens (primary N) is 1. The second kappa shape index (κ2) is 7.83. The number of anilines is 1. The number of nitrogens with one attached hydrogen (secondary N) is 1. The normalized spacial score (nSPS) is 19.8. The fourth-order valence-electron chi connectivity index (χ4n) is 3.20. The minimum Gasteiger partial charge on any atom is -0.444 e. The zero-order chi connectivity index (χ0) is 18.7. The number of likely N-dealkylation sites (tertiary alicyclic amines) is 1. The van der Waals surface area contributed by atoms with Gasteiger partial charge in [0.15, 0.2) is 0 Å². The molecule has 0 spiro atoms. The molecule has 25 heavy (non-hydrogen) atoms. The molecule has 0 radical (unpaired) electrons. The molecule has 1 saturated heterocycles. The van der Waals surface area contributed by atoms with E-state index in [-0.39, 0.29) is 11.6 Å². The van der Waals surface area contributed by atoms with Crippen LogP contribution < -0.4 is 10.5 Å². The van der Waals surface area contributed by atoms with Gasteiger partial charge < -0.3 is 15.0 Å². The number of carbonyl (C=O) groups excluding carboxylic acids is 1. The van der Waals surface area contributed by atoms with E-state index in [4.69, 9.17) is 9.88 Å². The van der Waals surface area contributed by atoms with Crippen LogP contribution in [0, 0.1) is 5.92 Å². The molecule has 2 rings (SSSR count). The van der Waals surface area contributed by atoms with Gasteiger partial charge in [-0.3, -0.25) is 5.14 Å². The van der Waals surface area contributed by atoms with Crippen LogP contribution >= 0.6 is 11.9 Å². The zero-order valence-corrected chi connectivity index (χ0v) is 16.7. The van der Waals surface area contributed by atoms with Crippen molar-refractivity contribution < 1.29 is 9.53 Å². The number of nitrogens with zero attached hydrogens (tertiary/aromatic N) is 2. The highest BCUT2D eigenvalue weighted by molar-refractivity contribution is 7.97. The van der Waals surface area contributed by atoms with Crippen molar-refractivity contribution >= 4 is 23.9 Å². The number of pyridine rings is 1. The maximum Gasteiger partial charge on any atom is 0.410 e. The van der Waals surface area contributed by atoms with Gasteiger partial charge in [-0.2, -0.15) is 0 Å². The van der Waals surface area contributed by atoms with E-state index in [9.17, 15) is 4.79 Å². The van der Waals surface area contributed by atoms with E-state index in [1.54, 1.807) is 0 Å². The second-order valence-electron chi connectivity index (χ2n) is 8.17. The molecule has 1 aromatic heterocycles. The Labute approximate surface area is 155 Å². The van der Waals surface area contributed by atoms with Crippen LogP contribution in [0.4, 0.5) is 10.6 Å². The summed E-state index contributed by atoms with van der Waals surface area (Å²) >= 11 is 1.14. The fraction of sp³-hybridized carbons (Fsp3) is 0.667. The molecule has 7 heteroatoms. The molecule has 1 atom stereocenters. The Morgan fingerprint density at radius 2 is 2.20 bits per heavy atom. The minimum atomic E-state index is -0.468. The summed E-state index contributed by atoms with van der Waals surface area (Å²) in [5.74, 6) is 1.28. The maximum atomic E-state index is 12.5. The first-order valence-electron chi connectivity index (χ1n) is 8.69. The van der Waals surface area contributed by atoms with Gasteiger partial charge in [0.2, 0.25) is 0 Å². The van der Waals surface area contributed by atoms with Gasteiger partial charge in [0.25, 0.3) is 0 Å². The second-order valence-corrected chi connectivity index (χ2v) is 8.82. The highest BCUT2D eigenvalue weighted by atomic mass is 32.2. The Kier molecular flexibility index (Phi) is 6.21. The Morgan fingerprint density at radius 1 is 1.48 bits per heavy atom. The maximum absolute atomic E-state index is 12.5. The standard InChI is InChI=1S/C18H30N4O2S/c1-17(2,3)24-16(23)22-12-13(11-18(22,4)5)9-10-20-14-7-6-8-15(21-14)25-19/h6-8,13H,9-12,19H2,1-5H3,(H,20,21). The lowest BCUT2D eigenvalue weighted by Gasteiger charge is -2.33. The topological polar surface area (TPSA) is 80.5 Å². The summed E-state index contributed by atoms with van der Waals surface area (Å²) < 4.78 is 5.55. The molecule has 2 heterocycles. The summed E-state index contributed by atoms with van der Waals surface area (Å²) in [6, 6.07) is 5.76. The Hall–Kier alpha value is -1.47. The van der Waals surface area contributed by atoms with Crippen molar-refractivity contribution in [3.63, 3.8) is 0 Å². The predicted octanol–water partition coefficient (Wildman–Crippen LogP) is 3.89. The number of rotatable bonds is 5. The highest BCUT2D eigenvalue weighted by Gasteiger charge is 2.42. The third kappa shape index (κ3) is 5.78. The molecule has 0 aliphatic carbocycles. The van der Waals surface area contributed by atoms with Crippen molar-refractivity contribution in [3.8, 4) is 0 Å². The van der Waals surface area contributed by atoms with Crippen molar-refractivity contribution in [3.05, 3.63) is 18.2 Å². The van der Waals surface area contributed by atoms with Crippen molar-refractivity contribution in [2.75, 3.05) is 18.4 Å². The molecular formula is C18H30N4O2S. The third-order valence-electron chi connectivity index (χ3n) is 4.28. The quantitative estimate of drug-likeness (QED) is 0.770. The Balaban J connectivity index is 1.86. The van der Waals surface area contributed by atoms with Crippen LogP contribution in [0.5, 0.6) is 0 Å². The third-order valence-corrected chi connectivity index (χ3v) is 4.75. The summed E-state index contributed by atoms with van der Waals surface area (Å²) in [5, 5.41) is 9.68. The van der Waals surface area contributed by atoms with E-state index in [0.717, 1.165) is 48.7 Å². The van der Waals surface area contributed by atoms with Gasteiger partial charge in [-0.15, -0.1) is 0 Å². The molecule has 0 aromatic carbocycles. The lowest BCUT2D eigenvalue weighted by atomic mass is 9.94. The average Bonchev–Trinajstić information content (AvgIpc) is 2.80. The van der Waals surface area contributed by atoms with E-state index in [1.807, 2.05) is 43.9 Å². The lowest BCUT2D eigenvalue weighted by Crippen LogP contribution is -2.45. The van der Waals surface area contributed by atoms with Gasteiger partial charge in [0, 0.05) is 18.6 Å². The number of ether oxygens (including phenoxy) is 1. The van der Waals surface area contributed by atoms with Crippen LogP contribution in [0.3, 0.4) is 0 Å². The van der Waals surface area contributed by atoms with E-state index in [0.29, 0.717) is 5.92 Å². The SMILES string of the molecule is CC(C)(C)OC(=O)N1CC(CCNc2cccc(SN)n2)CC1(C)C. The molecular weight excluding hydrogens is 336 g/mol. The molecule has 1 amide bonds. The summed E-state index contributed by atoms with van der Waals surface area (Å²) in [6.45, 7) is 11.5. The number of hydrogen-bond acceptors (Lipinski definition) is 6. The predicted molar refractivity (Wildman–Crippen MR) is 103 cm³/mol. The van der Waals surface area contributed by atoms with Crippen LogP contribution in [0.15, 0.2) is 23.2 Å².